The normalized spacial score (nSPS) is 26.6. The van der Waals surface area contributed by atoms with Crippen LogP contribution in [0.2, 0.25) is 5.02 Å². The third-order valence-corrected chi connectivity index (χ3v) is 4.89. The van der Waals surface area contributed by atoms with Crippen molar-refractivity contribution in [1.82, 2.24) is 15.2 Å². The molecule has 2 aliphatic rings. The van der Waals surface area contributed by atoms with E-state index < -0.39 is 17.5 Å². The molecular formula is C16H19ClN4O3. The Morgan fingerprint density at radius 2 is 2.12 bits per heavy atom. The molecule has 1 spiro atoms. The Balaban J connectivity index is 1.64. The molecule has 7 nitrogen and oxygen atoms in total. The maximum Gasteiger partial charge on any atom is 0.325 e. The van der Waals surface area contributed by atoms with E-state index in [0.29, 0.717) is 29.6 Å². The fourth-order valence-corrected chi connectivity index (χ4v) is 3.30. The minimum Gasteiger partial charge on any atom is -0.323 e. The summed E-state index contributed by atoms with van der Waals surface area (Å²) in [6.07, 6.45) is 4.43. The molecule has 1 aromatic rings. The molecule has 2 heterocycles. The van der Waals surface area contributed by atoms with Gasteiger partial charge in [-0.25, -0.2) is 9.78 Å². The zero-order chi connectivity index (χ0) is 17.3. The number of carbonyl (C=O) groups is 3. The third kappa shape index (κ3) is 3.21. The molecule has 1 aromatic heterocycles. The highest BCUT2D eigenvalue weighted by molar-refractivity contribution is 6.30. The third-order valence-electron chi connectivity index (χ3n) is 4.67. The maximum absolute atomic E-state index is 12.7. The molecule has 1 saturated heterocycles. The van der Waals surface area contributed by atoms with Crippen molar-refractivity contribution in [2.75, 3.05) is 11.9 Å². The number of anilines is 1. The Morgan fingerprint density at radius 1 is 1.42 bits per heavy atom. The van der Waals surface area contributed by atoms with E-state index in [1.165, 1.54) is 6.20 Å². The van der Waals surface area contributed by atoms with Gasteiger partial charge in [0.2, 0.25) is 5.91 Å². The molecule has 1 saturated carbocycles. The Labute approximate surface area is 144 Å². The summed E-state index contributed by atoms with van der Waals surface area (Å²) < 4.78 is 0. The van der Waals surface area contributed by atoms with E-state index in [0.717, 1.165) is 17.7 Å². The molecule has 3 rings (SSSR count). The van der Waals surface area contributed by atoms with Crippen molar-refractivity contribution in [2.24, 2.45) is 5.92 Å². The molecule has 128 valence electrons. The van der Waals surface area contributed by atoms with Crippen molar-refractivity contribution in [2.45, 2.75) is 38.1 Å². The van der Waals surface area contributed by atoms with Gasteiger partial charge < -0.3 is 10.6 Å². The van der Waals surface area contributed by atoms with Crippen LogP contribution in [0.25, 0.3) is 0 Å². The topological polar surface area (TPSA) is 91.4 Å². The largest absolute Gasteiger partial charge is 0.325 e. The molecule has 24 heavy (non-hydrogen) atoms. The molecule has 1 aliphatic heterocycles. The van der Waals surface area contributed by atoms with Gasteiger partial charge in [0, 0.05) is 6.20 Å². The lowest BCUT2D eigenvalue weighted by molar-refractivity contribution is -0.135. The van der Waals surface area contributed by atoms with Gasteiger partial charge in [0.05, 0.1) is 5.02 Å². The fourth-order valence-electron chi connectivity index (χ4n) is 3.19. The molecule has 8 heteroatoms. The molecule has 2 fully saturated rings. The molecule has 0 unspecified atom stereocenters. The zero-order valence-corrected chi connectivity index (χ0v) is 14.1. The van der Waals surface area contributed by atoms with E-state index >= 15 is 0 Å². The van der Waals surface area contributed by atoms with Crippen LogP contribution in [0.4, 0.5) is 10.6 Å². The molecule has 0 radical (unpaired) electrons. The summed E-state index contributed by atoms with van der Waals surface area (Å²) in [6, 6.07) is 2.64. The fraction of sp³-hybridized carbons (Fsp3) is 0.500. The van der Waals surface area contributed by atoms with Gasteiger partial charge >= 0.3 is 6.03 Å². The number of urea groups is 1. The Kier molecular flexibility index (Phi) is 4.45. The summed E-state index contributed by atoms with van der Waals surface area (Å²) in [6.45, 7) is 1.81. The second kappa shape index (κ2) is 6.39. The molecule has 0 atom stereocenters. The van der Waals surface area contributed by atoms with Crippen molar-refractivity contribution in [1.29, 1.82) is 0 Å². The minimum atomic E-state index is -0.831. The van der Waals surface area contributed by atoms with Gasteiger partial charge in [0.25, 0.3) is 5.91 Å². The number of aromatic nitrogens is 1. The van der Waals surface area contributed by atoms with Gasteiger partial charge in [0.15, 0.2) is 0 Å². The lowest BCUT2D eigenvalue weighted by Gasteiger charge is -2.33. The summed E-state index contributed by atoms with van der Waals surface area (Å²) in [4.78, 5) is 41.9. The quantitative estimate of drug-likeness (QED) is 0.817. The number of amides is 4. The summed E-state index contributed by atoms with van der Waals surface area (Å²) in [5.74, 6) is 0.0829. The van der Waals surface area contributed by atoms with Crippen molar-refractivity contribution < 1.29 is 14.4 Å². The Bertz CT molecular complexity index is 668. The van der Waals surface area contributed by atoms with E-state index in [1.807, 2.05) is 0 Å². The van der Waals surface area contributed by atoms with Crippen LogP contribution < -0.4 is 10.6 Å². The molecule has 1 aliphatic carbocycles. The number of pyridine rings is 1. The lowest BCUT2D eigenvalue weighted by Crippen LogP contribution is -2.49. The van der Waals surface area contributed by atoms with E-state index in [4.69, 9.17) is 11.6 Å². The Hall–Kier alpha value is -2.15. The number of hydrogen-bond acceptors (Lipinski definition) is 4. The van der Waals surface area contributed by atoms with Crippen molar-refractivity contribution in [3.63, 3.8) is 0 Å². The first kappa shape index (κ1) is 16.7. The molecule has 0 bridgehead atoms. The van der Waals surface area contributed by atoms with Gasteiger partial charge in [-0.05, 0) is 43.7 Å². The highest BCUT2D eigenvalue weighted by atomic mass is 35.5. The molecule has 4 amide bonds. The van der Waals surface area contributed by atoms with Crippen LogP contribution in [0.5, 0.6) is 0 Å². The van der Waals surface area contributed by atoms with Gasteiger partial charge in [0.1, 0.15) is 17.9 Å². The standard InChI is InChI=1S/C16H19ClN4O3/c1-10-4-6-16(7-5-10)14(23)21(15(24)20-16)9-13(22)19-12-3-2-11(17)8-18-12/h2-3,8,10H,4-7,9H2,1H3,(H,20,24)(H,18,19,22). The first-order chi connectivity index (χ1) is 11.4. The van der Waals surface area contributed by atoms with Crippen LogP contribution in [0.3, 0.4) is 0 Å². The summed E-state index contributed by atoms with van der Waals surface area (Å²) in [5, 5.41) is 5.80. The van der Waals surface area contributed by atoms with Gasteiger partial charge in [-0.1, -0.05) is 18.5 Å². The monoisotopic (exact) mass is 350 g/mol. The predicted molar refractivity (Wildman–Crippen MR) is 88.5 cm³/mol. The minimum absolute atomic E-state index is 0.307. The number of nitrogens with zero attached hydrogens (tertiary/aromatic N) is 2. The second-order valence-electron chi connectivity index (χ2n) is 6.50. The second-order valence-corrected chi connectivity index (χ2v) is 6.93. The van der Waals surface area contributed by atoms with Crippen LogP contribution in [0.15, 0.2) is 18.3 Å². The highest BCUT2D eigenvalue weighted by Gasteiger charge is 2.52. The highest BCUT2D eigenvalue weighted by Crippen LogP contribution is 2.36. The number of imide groups is 1. The SMILES string of the molecule is CC1CCC2(CC1)NC(=O)N(CC(=O)Nc1ccc(Cl)cn1)C2=O. The van der Waals surface area contributed by atoms with Gasteiger partial charge in [-0.2, -0.15) is 0 Å². The van der Waals surface area contributed by atoms with Gasteiger partial charge in [-0.3, -0.25) is 14.5 Å². The molecular weight excluding hydrogens is 332 g/mol. The van der Waals surface area contributed by atoms with Crippen LogP contribution >= 0.6 is 11.6 Å². The van der Waals surface area contributed by atoms with Crippen LogP contribution in [0.1, 0.15) is 32.6 Å². The number of nitrogens with one attached hydrogen (secondary N) is 2. The van der Waals surface area contributed by atoms with Crippen molar-refractivity contribution in [3.05, 3.63) is 23.4 Å². The van der Waals surface area contributed by atoms with Crippen molar-refractivity contribution >= 4 is 35.3 Å². The number of carbonyl (C=O) groups excluding carboxylic acids is 3. The van der Waals surface area contributed by atoms with Crippen LogP contribution in [0, 0.1) is 5.92 Å². The first-order valence-corrected chi connectivity index (χ1v) is 8.33. The Morgan fingerprint density at radius 3 is 2.75 bits per heavy atom. The first-order valence-electron chi connectivity index (χ1n) is 7.95. The van der Waals surface area contributed by atoms with E-state index in [1.54, 1.807) is 12.1 Å². The van der Waals surface area contributed by atoms with Crippen LogP contribution in [-0.4, -0.2) is 39.8 Å². The molecule has 0 aromatic carbocycles. The number of halogens is 1. The summed E-state index contributed by atoms with van der Waals surface area (Å²) in [5.41, 5.74) is -0.831. The lowest BCUT2D eigenvalue weighted by atomic mass is 9.77. The van der Waals surface area contributed by atoms with Crippen molar-refractivity contribution in [3.8, 4) is 0 Å². The average Bonchev–Trinajstić information content (AvgIpc) is 2.77. The van der Waals surface area contributed by atoms with Gasteiger partial charge in [-0.15, -0.1) is 0 Å². The predicted octanol–water partition coefficient (Wildman–Crippen LogP) is 2.17. The summed E-state index contributed by atoms with van der Waals surface area (Å²) in [7, 11) is 0. The van der Waals surface area contributed by atoms with Crippen LogP contribution in [-0.2, 0) is 9.59 Å². The average molecular weight is 351 g/mol. The number of rotatable bonds is 3. The van der Waals surface area contributed by atoms with E-state index in [-0.39, 0.29) is 12.5 Å². The summed E-state index contributed by atoms with van der Waals surface area (Å²) >= 11 is 5.74. The molecule has 2 N–H and O–H groups in total. The van der Waals surface area contributed by atoms with E-state index in [2.05, 4.69) is 22.5 Å². The zero-order valence-electron chi connectivity index (χ0n) is 13.3. The number of hydrogen-bond donors (Lipinski definition) is 2. The van der Waals surface area contributed by atoms with E-state index in [9.17, 15) is 14.4 Å². The maximum atomic E-state index is 12.7. The smallest absolute Gasteiger partial charge is 0.323 e.